The van der Waals surface area contributed by atoms with Crippen LogP contribution in [0.25, 0.3) is 23.1 Å². The lowest BCUT2D eigenvalue weighted by atomic mass is 10.2. The minimum Gasteiger partial charge on any atom is -0.494 e. The number of pyridine rings is 1. The van der Waals surface area contributed by atoms with Crippen LogP contribution in [0, 0.1) is 0 Å². The Hall–Kier alpha value is -2.70. The Labute approximate surface area is 120 Å². The van der Waals surface area contributed by atoms with E-state index in [4.69, 9.17) is 9.26 Å². The van der Waals surface area contributed by atoms with Crippen LogP contribution in [0.5, 0.6) is 5.75 Å². The predicted molar refractivity (Wildman–Crippen MR) is 73.6 cm³/mol. The fourth-order valence-corrected chi connectivity index (χ4v) is 2.19. The number of hydrogen-bond acceptors (Lipinski definition) is 6. The highest BCUT2D eigenvalue weighted by Gasteiger charge is 2.26. The van der Waals surface area contributed by atoms with E-state index in [1.165, 1.54) is 12.8 Å². The quantitative estimate of drug-likeness (QED) is 0.790. The Kier molecular flexibility index (Phi) is 2.70. The van der Waals surface area contributed by atoms with Crippen molar-refractivity contribution in [1.82, 2.24) is 25.3 Å². The summed E-state index contributed by atoms with van der Waals surface area (Å²) in [6, 6.07) is 5.56. The molecule has 0 spiro atoms. The molecule has 1 saturated carbocycles. The molecule has 0 atom stereocenters. The first kappa shape index (κ1) is 12.1. The third-order valence-corrected chi connectivity index (χ3v) is 3.46. The number of ether oxygens (including phenoxy) is 1. The van der Waals surface area contributed by atoms with Gasteiger partial charge in [-0.25, -0.2) is 4.98 Å². The second-order valence-electron chi connectivity index (χ2n) is 4.96. The molecule has 1 aliphatic carbocycles. The summed E-state index contributed by atoms with van der Waals surface area (Å²) in [5, 5.41) is 11.2. The summed E-state index contributed by atoms with van der Waals surface area (Å²) in [5.74, 6) is 1.96. The van der Waals surface area contributed by atoms with Crippen LogP contribution in [0.3, 0.4) is 0 Å². The largest absolute Gasteiger partial charge is 0.494 e. The molecule has 1 N–H and O–H groups in total. The smallest absolute Gasteiger partial charge is 0.280 e. The first-order valence-electron chi connectivity index (χ1n) is 6.74. The number of methoxy groups -OCH3 is 1. The number of hydrogen-bond donors (Lipinski definition) is 1. The van der Waals surface area contributed by atoms with Crippen molar-refractivity contribution in [2.45, 2.75) is 18.8 Å². The van der Waals surface area contributed by atoms with Gasteiger partial charge in [0.2, 0.25) is 5.82 Å². The monoisotopic (exact) mass is 283 g/mol. The van der Waals surface area contributed by atoms with Crippen LogP contribution in [-0.4, -0.2) is 32.4 Å². The summed E-state index contributed by atoms with van der Waals surface area (Å²) in [6.07, 6.45) is 4.08. The van der Waals surface area contributed by atoms with Crippen molar-refractivity contribution >= 4 is 0 Å². The van der Waals surface area contributed by atoms with E-state index in [2.05, 4.69) is 25.3 Å². The van der Waals surface area contributed by atoms with Gasteiger partial charge >= 0.3 is 0 Å². The zero-order valence-electron chi connectivity index (χ0n) is 11.4. The third kappa shape index (κ3) is 2.16. The van der Waals surface area contributed by atoms with Gasteiger partial charge < -0.3 is 9.26 Å². The number of rotatable bonds is 4. The molecule has 1 aliphatic rings. The molecular formula is C14H13N5O2. The van der Waals surface area contributed by atoms with E-state index in [-0.39, 0.29) is 0 Å². The van der Waals surface area contributed by atoms with Crippen LogP contribution in [0.1, 0.15) is 24.5 Å². The van der Waals surface area contributed by atoms with E-state index < -0.39 is 0 Å². The second kappa shape index (κ2) is 4.69. The maximum absolute atomic E-state index is 5.28. The number of aromatic nitrogens is 5. The average molecular weight is 283 g/mol. The summed E-state index contributed by atoms with van der Waals surface area (Å²) in [7, 11) is 1.58. The minimum absolute atomic E-state index is 0.318. The molecule has 3 heterocycles. The first-order chi connectivity index (χ1) is 10.3. The van der Waals surface area contributed by atoms with Crippen molar-refractivity contribution in [2.75, 3.05) is 7.11 Å². The molecule has 0 aromatic carbocycles. The molecule has 0 unspecified atom stereocenters. The highest BCUT2D eigenvalue weighted by molar-refractivity contribution is 5.60. The Balaban J connectivity index is 1.68. The average Bonchev–Trinajstić information content (AvgIpc) is 3.07. The molecule has 3 aromatic heterocycles. The maximum atomic E-state index is 5.28. The highest BCUT2D eigenvalue weighted by atomic mass is 16.5. The summed E-state index contributed by atoms with van der Waals surface area (Å²) in [4.78, 5) is 8.57. The molecule has 7 nitrogen and oxygen atoms in total. The van der Waals surface area contributed by atoms with Crippen molar-refractivity contribution in [3.63, 3.8) is 0 Å². The van der Waals surface area contributed by atoms with Gasteiger partial charge in [-0.3, -0.25) is 5.10 Å². The summed E-state index contributed by atoms with van der Waals surface area (Å²) in [5.41, 5.74) is 2.34. The molecule has 3 aromatic rings. The number of H-pyrrole nitrogens is 1. The van der Waals surface area contributed by atoms with Crippen LogP contribution in [0.4, 0.5) is 0 Å². The van der Waals surface area contributed by atoms with E-state index in [0.29, 0.717) is 34.8 Å². The molecule has 7 heteroatoms. The second-order valence-corrected chi connectivity index (χ2v) is 4.96. The minimum atomic E-state index is 0.318. The van der Waals surface area contributed by atoms with Crippen molar-refractivity contribution in [1.29, 1.82) is 0 Å². The van der Waals surface area contributed by atoms with Crippen LogP contribution in [0.2, 0.25) is 0 Å². The standard InChI is InChI=1S/C14H13N5O2/c1-20-11-3-2-6-15-12(11)14-16-13(19-21-14)10-7-9(17-18-10)8-4-5-8/h2-3,6-8H,4-5H2,1H3,(H,17,18). The van der Waals surface area contributed by atoms with E-state index in [1.54, 1.807) is 25.4 Å². The summed E-state index contributed by atoms with van der Waals surface area (Å²) >= 11 is 0. The predicted octanol–water partition coefficient (Wildman–Crippen LogP) is 2.41. The van der Waals surface area contributed by atoms with Crippen LogP contribution in [0.15, 0.2) is 28.9 Å². The van der Waals surface area contributed by atoms with Crippen molar-refractivity contribution in [3.05, 3.63) is 30.1 Å². The molecule has 4 rings (SSSR count). The van der Waals surface area contributed by atoms with Gasteiger partial charge in [-0.05, 0) is 31.0 Å². The van der Waals surface area contributed by atoms with Gasteiger partial charge in [0.05, 0.1) is 7.11 Å². The van der Waals surface area contributed by atoms with Crippen LogP contribution < -0.4 is 4.74 Å². The Morgan fingerprint density at radius 2 is 2.29 bits per heavy atom. The topological polar surface area (TPSA) is 89.7 Å². The normalized spacial score (nSPS) is 14.3. The Morgan fingerprint density at radius 3 is 3.10 bits per heavy atom. The third-order valence-electron chi connectivity index (χ3n) is 3.46. The van der Waals surface area contributed by atoms with Crippen LogP contribution in [-0.2, 0) is 0 Å². The SMILES string of the molecule is COc1cccnc1-c1nc(-c2cc(C3CC3)[nH]n2)no1. The van der Waals surface area contributed by atoms with Crippen molar-refractivity contribution in [3.8, 4) is 28.9 Å². The van der Waals surface area contributed by atoms with E-state index in [0.717, 1.165) is 5.69 Å². The Bertz CT molecular complexity index is 775. The lowest BCUT2D eigenvalue weighted by Crippen LogP contribution is -1.90. The lowest BCUT2D eigenvalue weighted by Gasteiger charge is -2.01. The maximum Gasteiger partial charge on any atom is 0.280 e. The molecule has 0 radical (unpaired) electrons. The van der Waals surface area contributed by atoms with Gasteiger partial charge in [-0.2, -0.15) is 10.1 Å². The molecule has 106 valence electrons. The van der Waals surface area contributed by atoms with E-state index >= 15 is 0 Å². The fraction of sp³-hybridized carbons (Fsp3) is 0.286. The molecule has 0 amide bonds. The zero-order valence-corrected chi connectivity index (χ0v) is 11.4. The number of aromatic amines is 1. The number of nitrogens with one attached hydrogen (secondary N) is 1. The van der Waals surface area contributed by atoms with E-state index in [9.17, 15) is 0 Å². The number of nitrogens with zero attached hydrogens (tertiary/aromatic N) is 4. The molecule has 0 bridgehead atoms. The van der Waals surface area contributed by atoms with Gasteiger partial charge in [0.25, 0.3) is 5.89 Å². The molecule has 0 aliphatic heterocycles. The first-order valence-corrected chi connectivity index (χ1v) is 6.74. The van der Waals surface area contributed by atoms with Gasteiger partial charge in [0.15, 0.2) is 5.69 Å². The van der Waals surface area contributed by atoms with Crippen molar-refractivity contribution in [2.24, 2.45) is 0 Å². The molecule has 1 fully saturated rings. The zero-order chi connectivity index (χ0) is 14.2. The van der Waals surface area contributed by atoms with Crippen LogP contribution >= 0.6 is 0 Å². The Morgan fingerprint density at radius 1 is 1.38 bits per heavy atom. The summed E-state index contributed by atoms with van der Waals surface area (Å²) in [6.45, 7) is 0. The lowest BCUT2D eigenvalue weighted by molar-refractivity contribution is 0.403. The molecular weight excluding hydrogens is 270 g/mol. The van der Waals surface area contributed by atoms with Crippen molar-refractivity contribution < 1.29 is 9.26 Å². The highest BCUT2D eigenvalue weighted by Crippen LogP contribution is 2.39. The van der Waals surface area contributed by atoms with E-state index in [1.807, 2.05) is 6.07 Å². The van der Waals surface area contributed by atoms with Gasteiger partial charge in [-0.1, -0.05) is 5.16 Å². The van der Waals surface area contributed by atoms with Gasteiger partial charge in [0.1, 0.15) is 11.4 Å². The molecule has 21 heavy (non-hydrogen) atoms. The molecule has 0 saturated heterocycles. The van der Waals surface area contributed by atoms with Gasteiger partial charge in [0, 0.05) is 17.8 Å². The van der Waals surface area contributed by atoms with Gasteiger partial charge in [-0.15, -0.1) is 0 Å². The summed E-state index contributed by atoms with van der Waals surface area (Å²) < 4.78 is 10.5. The fourth-order valence-electron chi connectivity index (χ4n) is 2.19.